The molecule has 0 radical (unpaired) electrons. The Hall–Kier alpha value is -1.91. The zero-order valence-corrected chi connectivity index (χ0v) is 10.1. The number of rotatable bonds is 5. The van der Waals surface area contributed by atoms with Crippen molar-refractivity contribution in [1.82, 2.24) is 5.32 Å². The molecule has 0 fully saturated rings. The molecule has 0 unspecified atom stereocenters. The van der Waals surface area contributed by atoms with Gasteiger partial charge >= 0.3 is 0 Å². The van der Waals surface area contributed by atoms with Gasteiger partial charge in [0, 0.05) is 12.6 Å². The van der Waals surface area contributed by atoms with Crippen LogP contribution in [0.4, 0.5) is 0 Å². The first-order chi connectivity index (χ1) is 7.99. The number of nitrogens with two attached hydrogens (primary N) is 1. The van der Waals surface area contributed by atoms with E-state index in [9.17, 15) is 9.59 Å². The van der Waals surface area contributed by atoms with Crippen LogP contribution >= 0.6 is 0 Å². The van der Waals surface area contributed by atoms with Gasteiger partial charge in [-0.2, -0.15) is 4.57 Å². The van der Waals surface area contributed by atoms with E-state index >= 15 is 0 Å². The molecule has 0 atom stereocenters. The van der Waals surface area contributed by atoms with E-state index in [0.717, 1.165) is 0 Å². The number of aromatic nitrogens is 1. The van der Waals surface area contributed by atoms with Crippen molar-refractivity contribution in [2.45, 2.75) is 20.4 Å². The molecule has 0 aliphatic rings. The third-order valence-corrected chi connectivity index (χ3v) is 2.18. The van der Waals surface area contributed by atoms with Crippen molar-refractivity contribution in [2.75, 3.05) is 6.54 Å². The number of nitrogens with one attached hydrogen (secondary N) is 1. The SMILES string of the molecule is CC(C)CNC(=O)C[n+]1cccc(C(N)=O)c1. The summed E-state index contributed by atoms with van der Waals surface area (Å²) in [6.07, 6.45) is 3.29. The van der Waals surface area contributed by atoms with Crippen molar-refractivity contribution in [2.24, 2.45) is 11.7 Å². The third-order valence-electron chi connectivity index (χ3n) is 2.18. The van der Waals surface area contributed by atoms with E-state index < -0.39 is 5.91 Å². The van der Waals surface area contributed by atoms with Gasteiger partial charge in [-0.15, -0.1) is 0 Å². The van der Waals surface area contributed by atoms with Gasteiger partial charge in [0.15, 0.2) is 12.4 Å². The van der Waals surface area contributed by atoms with Crippen molar-refractivity contribution < 1.29 is 14.2 Å². The number of hydrogen-bond acceptors (Lipinski definition) is 2. The second-order valence-electron chi connectivity index (χ2n) is 4.33. The minimum absolute atomic E-state index is 0.0784. The molecule has 5 heteroatoms. The number of carbonyl (C=O) groups is 2. The van der Waals surface area contributed by atoms with Crippen LogP contribution in [0.25, 0.3) is 0 Å². The molecular weight excluding hydrogens is 218 g/mol. The maximum Gasteiger partial charge on any atom is 0.285 e. The second-order valence-corrected chi connectivity index (χ2v) is 4.33. The van der Waals surface area contributed by atoms with Crippen LogP contribution in [0.5, 0.6) is 0 Å². The summed E-state index contributed by atoms with van der Waals surface area (Å²) in [6.45, 7) is 4.89. The molecule has 1 aromatic heterocycles. The fourth-order valence-corrected chi connectivity index (χ4v) is 1.31. The van der Waals surface area contributed by atoms with Crippen LogP contribution in [0.3, 0.4) is 0 Å². The molecule has 0 aliphatic carbocycles. The van der Waals surface area contributed by atoms with E-state index in [0.29, 0.717) is 18.0 Å². The van der Waals surface area contributed by atoms with E-state index in [-0.39, 0.29) is 12.5 Å². The fourth-order valence-electron chi connectivity index (χ4n) is 1.31. The van der Waals surface area contributed by atoms with E-state index in [4.69, 9.17) is 5.73 Å². The number of nitrogens with zero attached hydrogens (tertiary/aromatic N) is 1. The van der Waals surface area contributed by atoms with Gasteiger partial charge in [-0.3, -0.25) is 9.59 Å². The van der Waals surface area contributed by atoms with Gasteiger partial charge in [-0.25, -0.2) is 0 Å². The topological polar surface area (TPSA) is 76.1 Å². The number of primary amides is 1. The zero-order valence-electron chi connectivity index (χ0n) is 10.1. The Morgan fingerprint density at radius 1 is 1.47 bits per heavy atom. The van der Waals surface area contributed by atoms with Gasteiger partial charge in [-0.1, -0.05) is 13.8 Å². The Balaban J connectivity index is 2.59. The lowest BCUT2D eigenvalue weighted by Crippen LogP contribution is -2.43. The van der Waals surface area contributed by atoms with Gasteiger partial charge in [-0.05, 0) is 12.0 Å². The van der Waals surface area contributed by atoms with Crippen molar-refractivity contribution in [3.05, 3.63) is 30.1 Å². The van der Waals surface area contributed by atoms with Crippen LogP contribution < -0.4 is 15.6 Å². The molecule has 0 saturated carbocycles. The predicted molar refractivity (Wildman–Crippen MR) is 63.0 cm³/mol. The predicted octanol–water partition coefficient (Wildman–Crippen LogP) is -0.155. The summed E-state index contributed by atoms with van der Waals surface area (Å²) >= 11 is 0. The van der Waals surface area contributed by atoms with E-state index in [1.807, 2.05) is 13.8 Å². The highest BCUT2D eigenvalue weighted by Gasteiger charge is 2.11. The Morgan fingerprint density at radius 2 is 2.18 bits per heavy atom. The minimum atomic E-state index is -0.498. The normalized spacial score (nSPS) is 10.3. The van der Waals surface area contributed by atoms with Gasteiger partial charge in [0.25, 0.3) is 11.8 Å². The molecule has 0 saturated heterocycles. The summed E-state index contributed by atoms with van der Waals surface area (Å²) in [5, 5.41) is 2.80. The van der Waals surface area contributed by atoms with E-state index in [1.165, 1.54) is 0 Å². The number of amides is 2. The maximum absolute atomic E-state index is 11.5. The molecule has 0 bridgehead atoms. The van der Waals surface area contributed by atoms with Crippen LogP contribution in [0.1, 0.15) is 24.2 Å². The van der Waals surface area contributed by atoms with Crippen LogP contribution in [-0.2, 0) is 11.3 Å². The minimum Gasteiger partial charge on any atom is -0.365 e. The zero-order chi connectivity index (χ0) is 12.8. The molecule has 5 nitrogen and oxygen atoms in total. The summed E-state index contributed by atoms with van der Waals surface area (Å²) in [7, 11) is 0. The highest BCUT2D eigenvalue weighted by Crippen LogP contribution is 1.92. The molecule has 1 rings (SSSR count). The molecule has 3 N–H and O–H groups in total. The van der Waals surface area contributed by atoms with Crippen molar-refractivity contribution in [1.29, 1.82) is 0 Å². The fraction of sp³-hybridized carbons (Fsp3) is 0.417. The molecule has 1 aromatic rings. The molecule has 92 valence electrons. The van der Waals surface area contributed by atoms with Crippen LogP contribution in [0.15, 0.2) is 24.5 Å². The summed E-state index contributed by atoms with van der Waals surface area (Å²) in [4.78, 5) is 22.5. The Morgan fingerprint density at radius 3 is 2.76 bits per heavy atom. The Labute approximate surface area is 101 Å². The van der Waals surface area contributed by atoms with Crippen molar-refractivity contribution in [3.63, 3.8) is 0 Å². The first kappa shape index (κ1) is 13.2. The smallest absolute Gasteiger partial charge is 0.285 e. The highest BCUT2D eigenvalue weighted by molar-refractivity contribution is 5.92. The largest absolute Gasteiger partial charge is 0.365 e. The van der Waals surface area contributed by atoms with Crippen LogP contribution in [-0.4, -0.2) is 18.4 Å². The second kappa shape index (κ2) is 5.98. The number of hydrogen-bond donors (Lipinski definition) is 2. The average molecular weight is 236 g/mol. The van der Waals surface area contributed by atoms with Crippen LogP contribution in [0.2, 0.25) is 0 Å². The molecule has 0 aromatic carbocycles. The van der Waals surface area contributed by atoms with Gasteiger partial charge in [0.1, 0.15) is 5.56 Å². The first-order valence-corrected chi connectivity index (χ1v) is 5.54. The number of pyridine rings is 1. The Kier molecular flexibility index (Phi) is 4.63. The van der Waals surface area contributed by atoms with E-state index in [2.05, 4.69) is 5.32 Å². The quantitative estimate of drug-likeness (QED) is 0.697. The monoisotopic (exact) mass is 236 g/mol. The van der Waals surface area contributed by atoms with Gasteiger partial charge in [0.2, 0.25) is 6.54 Å². The van der Waals surface area contributed by atoms with Gasteiger partial charge < -0.3 is 11.1 Å². The molecule has 0 aliphatic heterocycles. The summed E-state index contributed by atoms with van der Waals surface area (Å²) in [5.41, 5.74) is 5.55. The summed E-state index contributed by atoms with van der Waals surface area (Å²) in [5.74, 6) is -0.159. The van der Waals surface area contributed by atoms with Crippen LogP contribution in [0, 0.1) is 5.92 Å². The maximum atomic E-state index is 11.5. The molecule has 1 heterocycles. The molecule has 0 spiro atoms. The van der Waals surface area contributed by atoms with E-state index in [1.54, 1.807) is 29.1 Å². The van der Waals surface area contributed by atoms with Crippen molar-refractivity contribution in [3.8, 4) is 0 Å². The molecule has 2 amide bonds. The molecular formula is C12H18N3O2+. The third kappa shape index (κ3) is 4.63. The number of carbonyl (C=O) groups excluding carboxylic acids is 2. The average Bonchev–Trinajstić information content (AvgIpc) is 2.26. The lowest BCUT2D eigenvalue weighted by atomic mass is 10.2. The molecule has 17 heavy (non-hydrogen) atoms. The lowest BCUT2D eigenvalue weighted by molar-refractivity contribution is -0.684. The lowest BCUT2D eigenvalue weighted by Gasteiger charge is -2.05. The van der Waals surface area contributed by atoms with Crippen molar-refractivity contribution >= 4 is 11.8 Å². The first-order valence-electron chi connectivity index (χ1n) is 5.54. The Bertz CT molecular complexity index is 416. The summed E-state index contributed by atoms with van der Waals surface area (Å²) < 4.78 is 1.63. The standard InChI is InChI=1S/C12H17N3O2/c1-9(2)6-14-11(16)8-15-5-3-4-10(7-15)12(13)17/h3-5,7,9H,6,8H2,1-2H3,(H2-,13,14,16,17)/p+1. The highest BCUT2D eigenvalue weighted by atomic mass is 16.2. The summed E-state index contributed by atoms with van der Waals surface area (Å²) in [6, 6.07) is 3.31. The van der Waals surface area contributed by atoms with Gasteiger partial charge in [0.05, 0.1) is 0 Å².